The minimum Gasteiger partial charge on any atom is -0.396 e. The number of anilines is 1. The zero-order chi connectivity index (χ0) is 21.2. The van der Waals surface area contributed by atoms with Gasteiger partial charge in [-0.3, -0.25) is 4.79 Å². The lowest BCUT2D eigenvalue weighted by Gasteiger charge is -2.43. The molecule has 3 aromatic carbocycles. The maximum atomic E-state index is 13.0. The molecule has 1 N–H and O–H groups in total. The van der Waals surface area contributed by atoms with E-state index in [-0.39, 0.29) is 12.4 Å². The van der Waals surface area contributed by atoms with Crippen molar-refractivity contribution < 1.29 is 9.90 Å². The average molecular weight is 412 g/mol. The summed E-state index contributed by atoms with van der Waals surface area (Å²) < 4.78 is 0. The Morgan fingerprint density at radius 3 is 1.84 bits per heavy atom. The van der Waals surface area contributed by atoms with Crippen LogP contribution >= 0.6 is 0 Å². The lowest BCUT2D eigenvalue weighted by Crippen LogP contribution is -2.37. The van der Waals surface area contributed by atoms with Crippen LogP contribution in [0.1, 0.15) is 70.1 Å². The van der Waals surface area contributed by atoms with Gasteiger partial charge in [0.05, 0.1) is 0 Å². The Labute approximate surface area is 184 Å². The molecule has 0 bridgehead atoms. The molecule has 0 radical (unpaired) electrons. The van der Waals surface area contributed by atoms with Crippen molar-refractivity contribution in [1.82, 2.24) is 0 Å². The predicted molar refractivity (Wildman–Crippen MR) is 125 cm³/mol. The standard InChI is InChI=1S/C28H29NO2/c30-17-7-12-27(31)22-18-25-23(20-8-3-1-4-9-20)13-15-29-16-14-24(26(19-22)28(25)29)21-10-5-2-6-11-21/h1-6,8-11,18-19,23-24,30H,7,12-17H2. The molecule has 0 spiro atoms. The number of carbonyl (C=O) groups excluding carboxylic acids is 1. The number of hydrogen-bond acceptors (Lipinski definition) is 3. The van der Waals surface area contributed by atoms with E-state index in [1.54, 1.807) is 0 Å². The Morgan fingerprint density at radius 1 is 0.839 bits per heavy atom. The molecule has 2 atom stereocenters. The van der Waals surface area contributed by atoms with Crippen LogP contribution in [-0.2, 0) is 0 Å². The van der Waals surface area contributed by atoms with E-state index in [0.29, 0.717) is 24.7 Å². The topological polar surface area (TPSA) is 40.5 Å². The Bertz CT molecular complexity index is 988. The fourth-order valence-corrected chi connectivity index (χ4v) is 5.40. The third-order valence-corrected chi connectivity index (χ3v) is 6.90. The normalized spacial score (nSPS) is 19.7. The molecule has 3 aromatic rings. The lowest BCUT2D eigenvalue weighted by molar-refractivity contribution is 0.0971. The van der Waals surface area contributed by atoms with Crippen molar-refractivity contribution in [2.45, 2.75) is 37.5 Å². The molecule has 0 aliphatic carbocycles. The zero-order valence-electron chi connectivity index (χ0n) is 17.8. The number of Topliss-reactive ketones (excluding diaryl/α,β-unsaturated/α-hetero) is 1. The van der Waals surface area contributed by atoms with Crippen LogP contribution in [0.15, 0.2) is 72.8 Å². The molecule has 0 saturated carbocycles. The van der Waals surface area contributed by atoms with Gasteiger partial charge in [0.15, 0.2) is 5.78 Å². The minimum atomic E-state index is 0.0522. The van der Waals surface area contributed by atoms with Crippen LogP contribution < -0.4 is 4.90 Å². The van der Waals surface area contributed by atoms with Gasteiger partial charge in [0, 0.05) is 49.2 Å². The molecule has 3 nitrogen and oxygen atoms in total. The van der Waals surface area contributed by atoms with E-state index < -0.39 is 0 Å². The first kappa shape index (κ1) is 20.0. The second-order valence-corrected chi connectivity index (χ2v) is 8.74. The molecule has 0 fully saturated rings. The van der Waals surface area contributed by atoms with Gasteiger partial charge in [0.25, 0.3) is 0 Å². The van der Waals surface area contributed by atoms with Crippen molar-refractivity contribution >= 4 is 11.5 Å². The molecule has 2 aliphatic rings. The highest BCUT2D eigenvalue weighted by Gasteiger charge is 2.35. The first-order valence-corrected chi connectivity index (χ1v) is 11.4. The second kappa shape index (κ2) is 8.68. The molecule has 2 unspecified atom stereocenters. The molecule has 31 heavy (non-hydrogen) atoms. The lowest BCUT2D eigenvalue weighted by atomic mass is 9.75. The van der Waals surface area contributed by atoms with Gasteiger partial charge in [-0.15, -0.1) is 0 Å². The monoisotopic (exact) mass is 411 g/mol. The predicted octanol–water partition coefficient (Wildman–Crippen LogP) is 5.52. The first-order chi connectivity index (χ1) is 15.3. The SMILES string of the molecule is O=C(CCCO)c1cc2c3c(c1)C(c1ccccc1)CCN3CCC2c1ccccc1. The van der Waals surface area contributed by atoms with Crippen LogP contribution in [0.3, 0.4) is 0 Å². The molecule has 0 aromatic heterocycles. The zero-order valence-corrected chi connectivity index (χ0v) is 17.8. The average Bonchev–Trinajstić information content (AvgIpc) is 2.84. The van der Waals surface area contributed by atoms with E-state index in [4.69, 9.17) is 0 Å². The van der Waals surface area contributed by atoms with Crippen molar-refractivity contribution in [3.05, 3.63) is 101 Å². The number of rotatable bonds is 6. The highest BCUT2D eigenvalue weighted by molar-refractivity contribution is 5.97. The number of aliphatic hydroxyl groups is 1. The summed E-state index contributed by atoms with van der Waals surface area (Å²) in [4.78, 5) is 15.6. The van der Waals surface area contributed by atoms with Gasteiger partial charge in [-0.1, -0.05) is 60.7 Å². The van der Waals surface area contributed by atoms with E-state index in [0.717, 1.165) is 31.5 Å². The molecular formula is C28H29NO2. The van der Waals surface area contributed by atoms with Crippen molar-refractivity contribution in [3.63, 3.8) is 0 Å². The van der Waals surface area contributed by atoms with Crippen LogP contribution in [0.2, 0.25) is 0 Å². The maximum absolute atomic E-state index is 13.0. The number of carbonyl (C=O) groups is 1. The Morgan fingerprint density at radius 2 is 1.35 bits per heavy atom. The fraction of sp³-hybridized carbons (Fsp3) is 0.321. The Hall–Kier alpha value is -2.91. The van der Waals surface area contributed by atoms with Crippen molar-refractivity contribution in [3.8, 4) is 0 Å². The third kappa shape index (κ3) is 3.79. The molecular weight excluding hydrogens is 382 g/mol. The molecule has 158 valence electrons. The Kier molecular flexibility index (Phi) is 5.61. The summed E-state index contributed by atoms with van der Waals surface area (Å²) in [7, 11) is 0. The van der Waals surface area contributed by atoms with Crippen molar-refractivity contribution in [1.29, 1.82) is 0 Å². The summed E-state index contributed by atoms with van der Waals surface area (Å²) in [6.07, 6.45) is 3.05. The van der Waals surface area contributed by atoms with Gasteiger partial charge in [0.1, 0.15) is 0 Å². The van der Waals surface area contributed by atoms with Crippen LogP contribution in [-0.4, -0.2) is 30.6 Å². The third-order valence-electron chi connectivity index (χ3n) is 6.90. The van der Waals surface area contributed by atoms with Crippen LogP contribution in [0.25, 0.3) is 0 Å². The number of benzene rings is 3. The first-order valence-electron chi connectivity index (χ1n) is 11.4. The van der Waals surface area contributed by atoms with Crippen LogP contribution in [0, 0.1) is 0 Å². The van der Waals surface area contributed by atoms with Crippen molar-refractivity contribution in [2.24, 2.45) is 0 Å². The molecule has 0 amide bonds. The van der Waals surface area contributed by atoms with E-state index in [1.807, 2.05) is 0 Å². The van der Waals surface area contributed by atoms with Gasteiger partial charge in [-0.05, 0) is 53.6 Å². The van der Waals surface area contributed by atoms with E-state index in [9.17, 15) is 9.90 Å². The van der Waals surface area contributed by atoms with Gasteiger partial charge < -0.3 is 10.0 Å². The van der Waals surface area contributed by atoms with E-state index >= 15 is 0 Å². The minimum absolute atomic E-state index is 0.0522. The second-order valence-electron chi connectivity index (χ2n) is 8.74. The van der Waals surface area contributed by atoms with E-state index in [1.165, 1.54) is 27.9 Å². The summed E-state index contributed by atoms with van der Waals surface area (Å²) in [5.41, 5.74) is 7.38. The number of hydrogen-bond donors (Lipinski definition) is 1. The number of aliphatic hydroxyl groups excluding tert-OH is 1. The largest absolute Gasteiger partial charge is 0.396 e. The summed E-state index contributed by atoms with van der Waals surface area (Å²) in [5.74, 6) is 0.757. The highest BCUT2D eigenvalue weighted by Crippen LogP contribution is 2.48. The van der Waals surface area contributed by atoms with Gasteiger partial charge in [-0.2, -0.15) is 0 Å². The molecule has 5 rings (SSSR count). The fourth-order valence-electron chi connectivity index (χ4n) is 5.40. The van der Waals surface area contributed by atoms with Gasteiger partial charge in [-0.25, -0.2) is 0 Å². The number of nitrogens with zero attached hydrogens (tertiary/aromatic N) is 1. The summed E-state index contributed by atoms with van der Waals surface area (Å²) in [5, 5.41) is 9.22. The highest BCUT2D eigenvalue weighted by atomic mass is 16.3. The van der Waals surface area contributed by atoms with E-state index in [2.05, 4.69) is 77.7 Å². The molecule has 0 saturated heterocycles. The van der Waals surface area contributed by atoms with Crippen LogP contribution in [0.5, 0.6) is 0 Å². The molecule has 2 heterocycles. The smallest absolute Gasteiger partial charge is 0.162 e. The quantitative estimate of drug-likeness (QED) is 0.543. The van der Waals surface area contributed by atoms with Gasteiger partial charge >= 0.3 is 0 Å². The van der Waals surface area contributed by atoms with Crippen LogP contribution in [0.4, 0.5) is 5.69 Å². The van der Waals surface area contributed by atoms with Crippen molar-refractivity contribution in [2.75, 3.05) is 24.6 Å². The summed E-state index contributed by atoms with van der Waals surface area (Å²) in [6, 6.07) is 25.7. The molecule has 3 heteroatoms. The summed E-state index contributed by atoms with van der Waals surface area (Å²) >= 11 is 0. The summed E-state index contributed by atoms with van der Waals surface area (Å²) in [6.45, 7) is 2.16. The maximum Gasteiger partial charge on any atom is 0.162 e. The number of ketones is 1. The van der Waals surface area contributed by atoms with Gasteiger partial charge in [0.2, 0.25) is 0 Å². The Balaban J connectivity index is 1.67. The molecule has 2 aliphatic heterocycles.